The summed E-state index contributed by atoms with van der Waals surface area (Å²) in [6.45, 7) is 2.11. The van der Waals surface area contributed by atoms with E-state index in [1.54, 1.807) is 0 Å². The molecule has 0 bridgehead atoms. The molecule has 10 rings (SSSR count). The summed E-state index contributed by atoms with van der Waals surface area (Å²) < 4.78 is 6.55. The SMILES string of the molecule is Cc1cccc2c1oc1c(-c3ccc(N(c4ccc(-c5cccc6ccccc56)cc4)c4ccccc4-c4cccc5ccccc45)cc3)cccc12. The maximum absolute atomic E-state index is 6.55. The monoisotopic (exact) mass is 677 g/mol. The lowest BCUT2D eigenvalue weighted by atomic mass is 9.95. The standard InChI is InChI=1S/C51H35NO/c1-34-12-8-23-47-48-24-11-21-44(51(48)53-50(34)47)38-28-32-40(33-29-38)52(39-30-26-37(27-31-39)42-20-9-15-35-13-2-4-17-41(35)42)49-25-7-6-19-46(49)45-22-10-16-36-14-3-5-18-43(36)45/h2-33H,1H3. The number of hydrogen-bond acceptors (Lipinski definition) is 2. The second-order valence-electron chi connectivity index (χ2n) is 13.7. The van der Waals surface area contributed by atoms with Gasteiger partial charge in [0.1, 0.15) is 11.2 Å². The van der Waals surface area contributed by atoms with Crippen LogP contribution < -0.4 is 4.90 Å². The van der Waals surface area contributed by atoms with Crippen LogP contribution in [-0.4, -0.2) is 0 Å². The highest BCUT2D eigenvalue weighted by atomic mass is 16.3. The average molecular weight is 678 g/mol. The zero-order valence-corrected chi connectivity index (χ0v) is 29.3. The Morgan fingerprint density at radius 2 is 0.792 bits per heavy atom. The minimum Gasteiger partial charge on any atom is -0.455 e. The molecule has 1 aromatic heterocycles. The molecular formula is C51H35NO. The molecule has 0 saturated carbocycles. The fourth-order valence-electron chi connectivity index (χ4n) is 8.03. The van der Waals surface area contributed by atoms with Gasteiger partial charge in [-0.15, -0.1) is 0 Å². The van der Waals surface area contributed by atoms with Gasteiger partial charge in [0.25, 0.3) is 0 Å². The first-order valence-electron chi connectivity index (χ1n) is 18.2. The van der Waals surface area contributed by atoms with Crippen LogP contribution in [0.15, 0.2) is 199 Å². The molecule has 0 spiro atoms. The quantitative estimate of drug-likeness (QED) is 0.174. The van der Waals surface area contributed by atoms with E-state index in [1.807, 2.05) is 0 Å². The molecule has 0 radical (unpaired) electrons. The predicted octanol–water partition coefficient (Wildman–Crippen LogP) is 14.7. The van der Waals surface area contributed by atoms with E-state index in [2.05, 4.69) is 206 Å². The largest absolute Gasteiger partial charge is 0.455 e. The first kappa shape index (κ1) is 30.9. The Kier molecular flexibility index (Phi) is 7.40. The summed E-state index contributed by atoms with van der Waals surface area (Å²) in [6.07, 6.45) is 0. The van der Waals surface area contributed by atoms with Crippen molar-refractivity contribution >= 4 is 60.5 Å². The minimum absolute atomic E-state index is 0.923. The van der Waals surface area contributed by atoms with Crippen molar-refractivity contribution in [2.24, 2.45) is 0 Å². The summed E-state index contributed by atoms with van der Waals surface area (Å²) in [5.74, 6) is 0. The maximum atomic E-state index is 6.55. The highest BCUT2D eigenvalue weighted by Crippen LogP contribution is 2.44. The van der Waals surface area contributed by atoms with Crippen LogP contribution in [0.2, 0.25) is 0 Å². The Morgan fingerprint density at radius 1 is 0.340 bits per heavy atom. The van der Waals surface area contributed by atoms with Gasteiger partial charge in [-0.1, -0.05) is 164 Å². The fraction of sp³-hybridized carbons (Fsp3) is 0.0196. The Morgan fingerprint density at radius 3 is 1.49 bits per heavy atom. The molecule has 53 heavy (non-hydrogen) atoms. The molecular weight excluding hydrogens is 643 g/mol. The average Bonchev–Trinajstić information content (AvgIpc) is 3.62. The van der Waals surface area contributed by atoms with E-state index in [-0.39, 0.29) is 0 Å². The van der Waals surface area contributed by atoms with Gasteiger partial charge >= 0.3 is 0 Å². The van der Waals surface area contributed by atoms with E-state index in [9.17, 15) is 0 Å². The van der Waals surface area contributed by atoms with E-state index in [0.717, 1.165) is 55.7 Å². The van der Waals surface area contributed by atoms with Crippen LogP contribution in [0.3, 0.4) is 0 Å². The van der Waals surface area contributed by atoms with Gasteiger partial charge in [-0.3, -0.25) is 0 Å². The number of aryl methyl sites for hydroxylation is 1. The molecule has 0 aliphatic heterocycles. The number of nitrogens with zero attached hydrogens (tertiary/aromatic N) is 1. The van der Waals surface area contributed by atoms with Gasteiger partial charge in [0.05, 0.1) is 5.69 Å². The number of hydrogen-bond donors (Lipinski definition) is 0. The van der Waals surface area contributed by atoms with Crippen LogP contribution in [0.25, 0.3) is 76.9 Å². The Bertz CT molecular complexity index is 2940. The van der Waals surface area contributed by atoms with Crippen molar-refractivity contribution in [2.45, 2.75) is 6.92 Å². The van der Waals surface area contributed by atoms with E-state index in [4.69, 9.17) is 4.42 Å². The normalized spacial score (nSPS) is 11.5. The summed E-state index contributed by atoms with van der Waals surface area (Å²) in [5, 5.41) is 7.26. The van der Waals surface area contributed by atoms with Gasteiger partial charge in [0.2, 0.25) is 0 Å². The zero-order valence-electron chi connectivity index (χ0n) is 29.3. The van der Waals surface area contributed by atoms with Gasteiger partial charge in [0.15, 0.2) is 0 Å². The number of anilines is 3. The molecule has 10 aromatic rings. The van der Waals surface area contributed by atoms with E-state index in [0.29, 0.717) is 0 Å². The maximum Gasteiger partial charge on any atom is 0.143 e. The lowest BCUT2D eigenvalue weighted by Crippen LogP contribution is -2.11. The molecule has 0 atom stereocenters. The van der Waals surface area contributed by atoms with Crippen molar-refractivity contribution in [3.63, 3.8) is 0 Å². The van der Waals surface area contributed by atoms with Crippen LogP contribution in [-0.2, 0) is 0 Å². The molecule has 0 unspecified atom stereocenters. The third-order valence-corrected chi connectivity index (χ3v) is 10.6. The van der Waals surface area contributed by atoms with Crippen molar-refractivity contribution in [2.75, 3.05) is 4.90 Å². The van der Waals surface area contributed by atoms with Crippen LogP contribution in [0.5, 0.6) is 0 Å². The Hall–Kier alpha value is -6.90. The molecule has 0 aliphatic rings. The third-order valence-electron chi connectivity index (χ3n) is 10.6. The lowest BCUT2D eigenvalue weighted by Gasteiger charge is -2.28. The molecule has 2 nitrogen and oxygen atoms in total. The van der Waals surface area contributed by atoms with Crippen molar-refractivity contribution in [3.05, 3.63) is 200 Å². The molecule has 0 N–H and O–H groups in total. The number of rotatable bonds is 6. The van der Waals surface area contributed by atoms with Crippen molar-refractivity contribution in [3.8, 4) is 33.4 Å². The second kappa shape index (κ2) is 12.7. The summed E-state index contributed by atoms with van der Waals surface area (Å²) in [5.41, 5.74) is 13.3. The number of para-hydroxylation sites is 3. The molecule has 0 amide bonds. The molecule has 0 fully saturated rings. The first-order chi connectivity index (χ1) is 26.2. The summed E-state index contributed by atoms with van der Waals surface area (Å²) in [4.78, 5) is 2.39. The van der Waals surface area contributed by atoms with Crippen LogP contribution in [0.1, 0.15) is 5.56 Å². The highest BCUT2D eigenvalue weighted by Gasteiger charge is 2.20. The van der Waals surface area contributed by atoms with Crippen LogP contribution >= 0.6 is 0 Å². The van der Waals surface area contributed by atoms with Crippen LogP contribution in [0.4, 0.5) is 17.1 Å². The topological polar surface area (TPSA) is 16.4 Å². The third kappa shape index (κ3) is 5.27. The van der Waals surface area contributed by atoms with Crippen LogP contribution in [0, 0.1) is 6.92 Å². The summed E-state index contributed by atoms with van der Waals surface area (Å²) >= 11 is 0. The first-order valence-corrected chi connectivity index (χ1v) is 18.2. The Balaban J connectivity index is 1.13. The molecule has 1 heterocycles. The highest BCUT2D eigenvalue weighted by molar-refractivity contribution is 6.10. The van der Waals surface area contributed by atoms with Gasteiger partial charge in [-0.25, -0.2) is 0 Å². The van der Waals surface area contributed by atoms with Crippen molar-refractivity contribution < 1.29 is 4.42 Å². The molecule has 0 aliphatic carbocycles. The number of fused-ring (bicyclic) bond motifs is 5. The molecule has 9 aromatic carbocycles. The summed E-state index contributed by atoms with van der Waals surface area (Å²) in [6, 6.07) is 69.9. The molecule has 0 saturated heterocycles. The smallest absolute Gasteiger partial charge is 0.143 e. The molecule has 250 valence electrons. The lowest BCUT2D eigenvalue weighted by molar-refractivity contribution is 0.667. The van der Waals surface area contributed by atoms with Crippen molar-refractivity contribution in [1.29, 1.82) is 0 Å². The zero-order chi connectivity index (χ0) is 35.3. The van der Waals surface area contributed by atoms with E-state index < -0.39 is 0 Å². The fourth-order valence-corrected chi connectivity index (χ4v) is 8.03. The van der Waals surface area contributed by atoms with Gasteiger partial charge in [0, 0.05) is 33.3 Å². The van der Waals surface area contributed by atoms with Gasteiger partial charge in [-0.2, -0.15) is 0 Å². The predicted molar refractivity (Wildman–Crippen MR) is 224 cm³/mol. The van der Waals surface area contributed by atoms with Gasteiger partial charge in [-0.05, 0) is 86.6 Å². The minimum atomic E-state index is 0.923. The number of furan rings is 1. The van der Waals surface area contributed by atoms with Gasteiger partial charge < -0.3 is 9.32 Å². The summed E-state index contributed by atoms with van der Waals surface area (Å²) in [7, 11) is 0. The number of benzene rings is 9. The Labute approximate surface area is 308 Å². The van der Waals surface area contributed by atoms with E-state index >= 15 is 0 Å². The van der Waals surface area contributed by atoms with Crippen molar-refractivity contribution in [1.82, 2.24) is 0 Å². The van der Waals surface area contributed by atoms with E-state index in [1.165, 1.54) is 43.8 Å². The molecule has 2 heteroatoms. The second-order valence-corrected chi connectivity index (χ2v) is 13.7.